The molecule has 0 radical (unpaired) electrons. The first-order valence-electron chi connectivity index (χ1n) is 9.61. The van der Waals surface area contributed by atoms with Crippen LogP contribution in [0.5, 0.6) is 0 Å². The van der Waals surface area contributed by atoms with E-state index in [9.17, 15) is 14.4 Å². The number of piperidine rings is 1. The van der Waals surface area contributed by atoms with Gasteiger partial charge in [-0.3, -0.25) is 19.1 Å². The van der Waals surface area contributed by atoms with Crippen LogP contribution in [-0.4, -0.2) is 39.6 Å². The lowest BCUT2D eigenvalue weighted by molar-refractivity contribution is 0.0932. The van der Waals surface area contributed by atoms with Gasteiger partial charge in [0.15, 0.2) is 5.65 Å². The minimum Gasteiger partial charge on any atom is -0.348 e. The van der Waals surface area contributed by atoms with Crippen LogP contribution in [0.4, 0.5) is 0 Å². The Labute approximate surface area is 181 Å². The van der Waals surface area contributed by atoms with Gasteiger partial charge < -0.3 is 10.6 Å². The number of aromatic amines is 1. The molecule has 2 aromatic heterocycles. The SMILES string of the molecule is CCCn1c(=O)[nH]c(=O)c2c(C(=O)N[C@H]3CCCNC3)cc(C(C)C)nc21.Cl.Cl. The highest BCUT2D eigenvalue weighted by Crippen LogP contribution is 2.20. The van der Waals surface area contributed by atoms with Crippen molar-refractivity contribution in [3.8, 4) is 0 Å². The van der Waals surface area contributed by atoms with Gasteiger partial charge in [-0.15, -0.1) is 24.8 Å². The van der Waals surface area contributed by atoms with Gasteiger partial charge in [0.2, 0.25) is 0 Å². The predicted octanol–water partition coefficient (Wildman–Crippen LogP) is 1.94. The normalized spacial score (nSPS) is 16.2. The van der Waals surface area contributed by atoms with Crippen LogP contribution in [0.25, 0.3) is 11.0 Å². The Morgan fingerprint density at radius 1 is 1.34 bits per heavy atom. The van der Waals surface area contributed by atoms with Gasteiger partial charge in [0.05, 0.1) is 10.9 Å². The Balaban J connectivity index is 0.00000210. The molecule has 3 heterocycles. The van der Waals surface area contributed by atoms with Gasteiger partial charge in [0, 0.05) is 24.8 Å². The molecule has 0 spiro atoms. The Kier molecular flexibility index (Phi) is 9.32. The van der Waals surface area contributed by atoms with E-state index in [1.807, 2.05) is 20.8 Å². The molecule has 10 heteroatoms. The van der Waals surface area contributed by atoms with E-state index in [-0.39, 0.29) is 59.3 Å². The first-order chi connectivity index (χ1) is 12.9. The number of carbonyl (C=O) groups is 1. The van der Waals surface area contributed by atoms with E-state index in [0.717, 1.165) is 19.4 Å². The number of carbonyl (C=O) groups excluding carboxylic acids is 1. The lowest BCUT2D eigenvalue weighted by atomic mass is 10.0. The second-order valence-corrected chi connectivity index (χ2v) is 7.38. The topological polar surface area (TPSA) is 109 Å². The summed E-state index contributed by atoms with van der Waals surface area (Å²) in [5.74, 6) is -0.244. The number of halogens is 2. The predicted molar refractivity (Wildman–Crippen MR) is 119 cm³/mol. The van der Waals surface area contributed by atoms with Crippen molar-refractivity contribution in [3.63, 3.8) is 0 Å². The summed E-state index contributed by atoms with van der Waals surface area (Å²) in [5, 5.41) is 6.45. The molecular weight excluding hydrogens is 417 g/mol. The number of hydrogen-bond donors (Lipinski definition) is 3. The first-order valence-corrected chi connectivity index (χ1v) is 9.61. The summed E-state index contributed by atoms with van der Waals surface area (Å²) in [4.78, 5) is 44.7. The van der Waals surface area contributed by atoms with Gasteiger partial charge >= 0.3 is 5.69 Å². The first kappa shape index (κ1) is 25.1. The van der Waals surface area contributed by atoms with Crippen molar-refractivity contribution in [1.29, 1.82) is 0 Å². The van der Waals surface area contributed by atoms with Gasteiger partial charge in [-0.2, -0.15) is 0 Å². The Bertz CT molecular complexity index is 965. The monoisotopic (exact) mass is 445 g/mol. The number of fused-ring (bicyclic) bond motifs is 1. The molecule has 1 atom stereocenters. The maximum absolute atomic E-state index is 13.0. The van der Waals surface area contributed by atoms with Crippen molar-refractivity contribution < 1.29 is 4.79 Å². The summed E-state index contributed by atoms with van der Waals surface area (Å²) >= 11 is 0. The average Bonchev–Trinajstić information content (AvgIpc) is 2.64. The second kappa shape index (κ2) is 10.8. The molecular formula is C19H29Cl2N5O3. The molecule has 0 unspecified atom stereocenters. The largest absolute Gasteiger partial charge is 0.348 e. The van der Waals surface area contributed by atoms with E-state index in [0.29, 0.717) is 25.2 Å². The average molecular weight is 446 g/mol. The molecule has 29 heavy (non-hydrogen) atoms. The summed E-state index contributed by atoms with van der Waals surface area (Å²) in [6.07, 6.45) is 2.61. The minimum atomic E-state index is -0.572. The van der Waals surface area contributed by atoms with Gasteiger partial charge in [-0.25, -0.2) is 9.78 Å². The fraction of sp³-hybridized carbons (Fsp3) is 0.579. The summed E-state index contributed by atoms with van der Waals surface area (Å²) < 4.78 is 1.45. The molecule has 0 bridgehead atoms. The summed E-state index contributed by atoms with van der Waals surface area (Å²) in [6, 6.07) is 1.70. The van der Waals surface area contributed by atoms with E-state index in [1.54, 1.807) is 6.07 Å². The summed E-state index contributed by atoms with van der Waals surface area (Å²) in [6.45, 7) is 7.97. The van der Waals surface area contributed by atoms with Gasteiger partial charge in [0.25, 0.3) is 11.5 Å². The molecule has 1 aliphatic rings. The molecule has 3 N–H and O–H groups in total. The number of nitrogens with zero attached hydrogens (tertiary/aromatic N) is 2. The molecule has 8 nitrogen and oxygen atoms in total. The molecule has 162 valence electrons. The van der Waals surface area contributed by atoms with E-state index < -0.39 is 11.2 Å². The fourth-order valence-corrected chi connectivity index (χ4v) is 3.44. The van der Waals surface area contributed by atoms with Crippen LogP contribution >= 0.6 is 24.8 Å². The molecule has 1 saturated heterocycles. The van der Waals surface area contributed by atoms with E-state index in [2.05, 4.69) is 20.6 Å². The van der Waals surface area contributed by atoms with Crippen LogP contribution in [-0.2, 0) is 6.54 Å². The third-order valence-electron chi connectivity index (χ3n) is 4.88. The number of hydrogen-bond acceptors (Lipinski definition) is 5. The van der Waals surface area contributed by atoms with E-state index in [1.165, 1.54) is 4.57 Å². The van der Waals surface area contributed by atoms with Crippen molar-refractivity contribution in [3.05, 3.63) is 38.2 Å². The lowest BCUT2D eigenvalue weighted by Gasteiger charge is -2.24. The van der Waals surface area contributed by atoms with Crippen LogP contribution < -0.4 is 21.9 Å². The third-order valence-corrected chi connectivity index (χ3v) is 4.88. The number of aromatic nitrogens is 3. The highest BCUT2D eigenvalue weighted by atomic mass is 35.5. The Hall–Kier alpha value is -1.90. The number of H-pyrrole nitrogens is 1. The quantitative estimate of drug-likeness (QED) is 0.651. The summed E-state index contributed by atoms with van der Waals surface area (Å²) in [7, 11) is 0. The van der Waals surface area contributed by atoms with Crippen molar-refractivity contribution in [2.24, 2.45) is 0 Å². The van der Waals surface area contributed by atoms with Crippen LogP contribution in [0.2, 0.25) is 0 Å². The molecule has 1 aliphatic heterocycles. The zero-order valence-electron chi connectivity index (χ0n) is 16.9. The zero-order valence-corrected chi connectivity index (χ0v) is 18.5. The standard InChI is InChI=1S/C19H27N5O3.2ClH/c1-4-8-24-16-15(18(26)23-19(24)27)13(9-14(22-16)11(2)3)17(25)21-12-6-5-7-20-10-12;;/h9,11-12,20H,4-8,10H2,1-3H3,(H,21,25)(H,23,26,27);2*1H/t12-;;/m0../s1. The number of rotatable bonds is 5. The molecule has 3 rings (SSSR count). The van der Waals surface area contributed by atoms with Crippen molar-refractivity contribution in [2.45, 2.75) is 58.5 Å². The molecule has 0 aromatic carbocycles. The number of amides is 1. The molecule has 0 saturated carbocycles. The maximum atomic E-state index is 13.0. The zero-order chi connectivity index (χ0) is 19.6. The van der Waals surface area contributed by atoms with Gasteiger partial charge in [0.1, 0.15) is 0 Å². The van der Waals surface area contributed by atoms with Crippen LogP contribution in [0.15, 0.2) is 15.7 Å². The number of pyridine rings is 1. The van der Waals surface area contributed by atoms with E-state index in [4.69, 9.17) is 0 Å². The van der Waals surface area contributed by atoms with Crippen LogP contribution in [0.1, 0.15) is 62.0 Å². The Morgan fingerprint density at radius 2 is 2.07 bits per heavy atom. The van der Waals surface area contributed by atoms with E-state index >= 15 is 0 Å². The van der Waals surface area contributed by atoms with Crippen molar-refractivity contribution >= 4 is 41.8 Å². The van der Waals surface area contributed by atoms with Crippen LogP contribution in [0.3, 0.4) is 0 Å². The van der Waals surface area contributed by atoms with Crippen molar-refractivity contribution in [2.75, 3.05) is 13.1 Å². The van der Waals surface area contributed by atoms with Crippen LogP contribution in [0, 0.1) is 0 Å². The molecule has 2 aromatic rings. The molecule has 1 fully saturated rings. The van der Waals surface area contributed by atoms with Gasteiger partial charge in [-0.05, 0) is 37.8 Å². The van der Waals surface area contributed by atoms with Crippen molar-refractivity contribution in [1.82, 2.24) is 25.2 Å². The fourth-order valence-electron chi connectivity index (χ4n) is 3.44. The third kappa shape index (κ3) is 5.38. The lowest BCUT2D eigenvalue weighted by Crippen LogP contribution is -2.46. The molecule has 0 aliphatic carbocycles. The smallest absolute Gasteiger partial charge is 0.329 e. The summed E-state index contributed by atoms with van der Waals surface area (Å²) in [5.41, 5.74) is 0.177. The Morgan fingerprint density at radius 3 is 2.66 bits per heavy atom. The highest BCUT2D eigenvalue weighted by Gasteiger charge is 2.23. The number of nitrogens with one attached hydrogen (secondary N) is 3. The maximum Gasteiger partial charge on any atom is 0.329 e. The molecule has 1 amide bonds. The number of aryl methyl sites for hydroxylation is 1. The minimum absolute atomic E-state index is 0. The van der Waals surface area contributed by atoms with Gasteiger partial charge in [-0.1, -0.05) is 20.8 Å². The highest BCUT2D eigenvalue weighted by molar-refractivity contribution is 6.05. The second-order valence-electron chi connectivity index (χ2n) is 7.38.